The number of carbonyl (C=O) groups is 2. The van der Waals surface area contributed by atoms with E-state index in [1.807, 2.05) is 0 Å². The molecule has 0 unspecified atom stereocenters. The molecule has 0 fully saturated rings. The molecule has 9 nitrogen and oxygen atoms in total. The van der Waals surface area contributed by atoms with Crippen LogP contribution >= 0.6 is 34.5 Å². The van der Waals surface area contributed by atoms with Crippen LogP contribution in [0.5, 0.6) is 11.5 Å². The number of fused-ring (bicyclic) bond motifs is 1. The van der Waals surface area contributed by atoms with Gasteiger partial charge in [-0.1, -0.05) is 46.7 Å². The van der Waals surface area contributed by atoms with Crippen LogP contribution in [0.15, 0.2) is 57.5 Å². The number of carbonyl (C=O) groups excluding carboxylic acids is 1. The molecule has 0 saturated carbocycles. The van der Waals surface area contributed by atoms with Gasteiger partial charge >= 0.3 is 11.9 Å². The van der Waals surface area contributed by atoms with Crippen molar-refractivity contribution in [3.8, 4) is 11.5 Å². The predicted octanol–water partition coefficient (Wildman–Crippen LogP) is 3.58. The minimum Gasteiger partial charge on any atom is -0.497 e. The molecule has 38 heavy (non-hydrogen) atoms. The lowest BCUT2D eigenvalue weighted by Gasteiger charge is -2.24. The van der Waals surface area contributed by atoms with Crippen molar-refractivity contribution in [1.82, 2.24) is 4.57 Å². The lowest BCUT2D eigenvalue weighted by atomic mass is 9.96. The second-order valence-corrected chi connectivity index (χ2v) is 9.90. The number of nitrogens with zero attached hydrogens (tertiary/aromatic N) is 2. The molecule has 0 amide bonds. The van der Waals surface area contributed by atoms with E-state index in [1.54, 1.807) is 51.3 Å². The standard InChI is InChI=1S/C26H22Cl2N2O7S/c1-4-36-25(34)21-13(2)29-26-30(22(21)15-5-7-16(35-3)8-6-15)24(33)19(38-26)11-14-9-17(27)23(18(28)10-14)37-12-20(31)32/h5-11,22H,4,12H2,1-3H3,(H,31,32)/b19-11-/t22-/m0/s1. The third-order valence-corrected chi connectivity index (χ3v) is 7.15. The first-order valence-electron chi connectivity index (χ1n) is 11.3. The zero-order valence-corrected chi connectivity index (χ0v) is 22.8. The Morgan fingerprint density at radius 3 is 2.42 bits per heavy atom. The third kappa shape index (κ3) is 5.47. The van der Waals surface area contributed by atoms with Crippen LogP contribution < -0.4 is 24.4 Å². The van der Waals surface area contributed by atoms with Crippen molar-refractivity contribution in [1.29, 1.82) is 0 Å². The highest BCUT2D eigenvalue weighted by molar-refractivity contribution is 7.07. The highest BCUT2D eigenvalue weighted by atomic mass is 35.5. The van der Waals surface area contributed by atoms with Crippen molar-refractivity contribution >= 4 is 52.6 Å². The quantitative estimate of drug-likeness (QED) is 0.407. The van der Waals surface area contributed by atoms with Gasteiger partial charge in [-0.05, 0) is 55.3 Å². The fourth-order valence-electron chi connectivity index (χ4n) is 3.98. The maximum atomic E-state index is 13.7. The number of aliphatic carboxylic acids is 1. The van der Waals surface area contributed by atoms with Gasteiger partial charge in [0.15, 0.2) is 17.2 Å². The number of benzene rings is 2. The van der Waals surface area contributed by atoms with Gasteiger partial charge in [0.2, 0.25) is 0 Å². The SMILES string of the molecule is CCOC(=O)C1=C(C)N=c2s/c(=C\c3cc(Cl)c(OCC(=O)O)c(Cl)c3)c(=O)n2[C@H]1c1ccc(OC)cc1. The summed E-state index contributed by atoms with van der Waals surface area (Å²) >= 11 is 13.7. The zero-order valence-electron chi connectivity index (χ0n) is 20.5. The summed E-state index contributed by atoms with van der Waals surface area (Å²) in [5, 5.41) is 9.03. The largest absolute Gasteiger partial charge is 0.497 e. The van der Waals surface area contributed by atoms with Crippen molar-refractivity contribution in [2.24, 2.45) is 4.99 Å². The molecule has 0 aliphatic carbocycles. The second kappa shape index (κ2) is 11.4. The predicted molar refractivity (Wildman–Crippen MR) is 143 cm³/mol. The van der Waals surface area contributed by atoms with E-state index in [4.69, 9.17) is 42.5 Å². The maximum Gasteiger partial charge on any atom is 0.341 e. The van der Waals surface area contributed by atoms with Gasteiger partial charge in [-0.25, -0.2) is 14.6 Å². The van der Waals surface area contributed by atoms with E-state index in [9.17, 15) is 14.4 Å². The van der Waals surface area contributed by atoms with Crippen molar-refractivity contribution in [3.63, 3.8) is 0 Å². The van der Waals surface area contributed by atoms with Gasteiger partial charge in [-0.3, -0.25) is 9.36 Å². The molecule has 3 aromatic rings. The highest BCUT2D eigenvalue weighted by Gasteiger charge is 2.33. The van der Waals surface area contributed by atoms with Crippen LogP contribution in [0.25, 0.3) is 6.08 Å². The van der Waals surface area contributed by atoms with E-state index >= 15 is 0 Å². The lowest BCUT2D eigenvalue weighted by Crippen LogP contribution is -2.39. The van der Waals surface area contributed by atoms with Gasteiger partial charge in [0.1, 0.15) is 5.75 Å². The average Bonchev–Trinajstić information content (AvgIpc) is 3.16. The number of thiazole rings is 1. The van der Waals surface area contributed by atoms with Crippen molar-refractivity contribution < 1.29 is 28.9 Å². The van der Waals surface area contributed by atoms with Gasteiger partial charge in [0.25, 0.3) is 5.56 Å². The number of aromatic nitrogens is 1. The van der Waals surface area contributed by atoms with Gasteiger partial charge in [0.05, 0.1) is 45.6 Å². The number of ether oxygens (including phenoxy) is 3. The summed E-state index contributed by atoms with van der Waals surface area (Å²) in [6.07, 6.45) is 1.59. The van der Waals surface area contributed by atoms with Crippen LogP contribution in [-0.2, 0) is 14.3 Å². The normalized spacial score (nSPS) is 15.1. The van der Waals surface area contributed by atoms with Crippen LogP contribution in [0.3, 0.4) is 0 Å². The number of hydrogen-bond acceptors (Lipinski definition) is 8. The van der Waals surface area contributed by atoms with E-state index in [0.717, 1.165) is 11.3 Å². The van der Waals surface area contributed by atoms with Gasteiger partial charge in [-0.2, -0.15) is 0 Å². The Labute approximate surface area is 230 Å². The number of hydrogen-bond donors (Lipinski definition) is 1. The molecule has 2 aromatic carbocycles. The summed E-state index contributed by atoms with van der Waals surface area (Å²) in [5.41, 5.74) is 1.52. The van der Waals surface area contributed by atoms with Crippen LogP contribution in [0.4, 0.5) is 0 Å². The smallest absolute Gasteiger partial charge is 0.341 e. The van der Waals surface area contributed by atoms with E-state index in [2.05, 4.69) is 4.99 Å². The number of carboxylic acids is 1. The fourth-order valence-corrected chi connectivity index (χ4v) is 5.64. The maximum absolute atomic E-state index is 13.7. The van der Waals surface area contributed by atoms with E-state index in [-0.39, 0.29) is 33.5 Å². The highest BCUT2D eigenvalue weighted by Crippen LogP contribution is 2.35. The molecule has 0 radical (unpaired) electrons. The number of methoxy groups -OCH3 is 1. The van der Waals surface area contributed by atoms with E-state index < -0.39 is 24.6 Å². The lowest BCUT2D eigenvalue weighted by molar-refractivity contribution is -0.140. The molecule has 1 atom stereocenters. The van der Waals surface area contributed by atoms with Gasteiger partial charge in [-0.15, -0.1) is 0 Å². The number of allylic oxidation sites excluding steroid dienone is 1. The molecule has 2 heterocycles. The molecule has 1 aliphatic rings. The Morgan fingerprint density at radius 2 is 1.84 bits per heavy atom. The molecule has 12 heteroatoms. The number of carboxylic acid groups (broad SMARTS) is 1. The number of esters is 1. The van der Waals surface area contributed by atoms with Gasteiger partial charge in [0, 0.05) is 0 Å². The molecule has 0 saturated heterocycles. The minimum absolute atomic E-state index is 0.0311. The topological polar surface area (TPSA) is 116 Å². The van der Waals surface area contributed by atoms with Crippen molar-refractivity contribution in [2.45, 2.75) is 19.9 Å². The molecule has 4 rings (SSSR count). The Bertz CT molecular complexity index is 1600. The Morgan fingerprint density at radius 1 is 1.18 bits per heavy atom. The first-order valence-corrected chi connectivity index (χ1v) is 12.9. The first kappa shape index (κ1) is 27.4. The fraction of sp³-hybridized carbons (Fsp3) is 0.231. The molecule has 198 valence electrons. The Balaban J connectivity index is 1.86. The molecule has 0 bridgehead atoms. The summed E-state index contributed by atoms with van der Waals surface area (Å²) in [4.78, 5) is 42.4. The van der Waals surface area contributed by atoms with Crippen LogP contribution in [0.2, 0.25) is 10.0 Å². The Hall–Kier alpha value is -3.60. The number of rotatable bonds is 8. The van der Waals surface area contributed by atoms with Crippen LogP contribution in [-0.4, -0.2) is 41.9 Å². The second-order valence-electron chi connectivity index (χ2n) is 8.07. The van der Waals surface area contributed by atoms with E-state index in [0.29, 0.717) is 31.9 Å². The molecule has 1 aromatic heterocycles. The van der Waals surface area contributed by atoms with Crippen LogP contribution in [0, 0.1) is 0 Å². The summed E-state index contributed by atoms with van der Waals surface area (Å²) in [7, 11) is 1.55. The summed E-state index contributed by atoms with van der Waals surface area (Å²) in [5.74, 6) is -1.07. The average molecular weight is 577 g/mol. The first-order chi connectivity index (χ1) is 18.1. The van der Waals surface area contributed by atoms with Crippen molar-refractivity contribution in [3.05, 3.63) is 88.5 Å². The summed E-state index contributed by atoms with van der Waals surface area (Å²) in [6, 6.07) is 9.33. The molecule has 1 aliphatic heterocycles. The monoisotopic (exact) mass is 576 g/mol. The molecule has 0 spiro atoms. The minimum atomic E-state index is -1.17. The number of halogens is 2. The third-order valence-electron chi connectivity index (χ3n) is 5.61. The Kier molecular flexibility index (Phi) is 8.25. The van der Waals surface area contributed by atoms with Crippen LogP contribution in [0.1, 0.15) is 31.0 Å². The summed E-state index contributed by atoms with van der Waals surface area (Å²) < 4.78 is 17.5. The van der Waals surface area contributed by atoms with Gasteiger partial charge < -0.3 is 19.3 Å². The molecular weight excluding hydrogens is 555 g/mol. The molecule has 1 N–H and O–H groups in total. The summed E-state index contributed by atoms with van der Waals surface area (Å²) in [6.45, 7) is 2.98. The molecular formula is C26H22Cl2N2O7S. The van der Waals surface area contributed by atoms with E-state index in [1.165, 1.54) is 16.7 Å². The zero-order chi connectivity index (χ0) is 27.6. The van der Waals surface area contributed by atoms with Crippen molar-refractivity contribution in [2.75, 3.05) is 20.3 Å².